The number of carbonyl (C=O) groups is 4. The molecule has 5 aromatic rings. The number of thiocarbonyl (C=S) groups is 1. The molecule has 6 rings (SSSR count). The molecule has 0 radical (unpaired) electrons. The minimum atomic E-state index is -5.23. The zero-order valence-electron chi connectivity index (χ0n) is 43.8. The fourth-order valence-corrected chi connectivity index (χ4v) is 10.0. The number of nitrogens with one attached hydrogen (secondary N) is 2. The fourth-order valence-electron chi connectivity index (χ4n) is 8.76. The molecule has 0 aliphatic carbocycles. The maximum absolute atomic E-state index is 15.8. The molecule has 22 heteroatoms. The number of anilines is 2. The summed E-state index contributed by atoms with van der Waals surface area (Å²) in [6.07, 6.45) is -0.920. The summed E-state index contributed by atoms with van der Waals surface area (Å²) in [4.78, 5) is 66.1. The van der Waals surface area contributed by atoms with Gasteiger partial charge < -0.3 is 39.6 Å². The number of rotatable bonds is 20. The third kappa shape index (κ3) is 14.2. The molecule has 410 valence electrons. The smallest absolute Gasteiger partial charge is 0.420 e. The predicted octanol–water partition coefficient (Wildman–Crippen LogP) is 10.7. The Labute approximate surface area is 452 Å². The van der Waals surface area contributed by atoms with Gasteiger partial charge in [0.1, 0.15) is 36.2 Å². The average molecular weight is 1110 g/mol. The van der Waals surface area contributed by atoms with Crippen LogP contribution in [0.15, 0.2) is 72.4 Å². The molecule has 1 aliphatic rings. The summed E-state index contributed by atoms with van der Waals surface area (Å²) >= 11 is 7.08. The number of aldehydes is 1. The molecule has 77 heavy (non-hydrogen) atoms. The van der Waals surface area contributed by atoms with Crippen LogP contribution in [0.4, 0.5) is 37.7 Å². The summed E-state index contributed by atoms with van der Waals surface area (Å²) in [5.41, 5.74) is -1.38. The van der Waals surface area contributed by atoms with E-state index < -0.39 is 74.5 Å². The molecule has 3 aromatic carbocycles. The summed E-state index contributed by atoms with van der Waals surface area (Å²) in [5.74, 6) is -4.79. The lowest BCUT2D eigenvalue weighted by atomic mass is 9.85. The van der Waals surface area contributed by atoms with Gasteiger partial charge in [-0.1, -0.05) is 45.0 Å². The summed E-state index contributed by atoms with van der Waals surface area (Å²) in [6.45, 7) is 12.5. The minimum Gasteiger partial charge on any atom is -0.491 e. The maximum Gasteiger partial charge on any atom is 0.420 e. The van der Waals surface area contributed by atoms with Crippen molar-refractivity contribution in [1.29, 1.82) is 5.26 Å². The number of thiazole rings is 1. The van der Waals surface area contributed by atoms with E-state index in [1.54, 1.807) is 21.7 Å². The number of aryl methyl sites for hydroxylation is 1. The summed E-state index contributed by atoms with van der Waals surface area (Å²) < 4.78 is 99.2. The van der Waals surface area contributed by atoms with Crippen LogP contribution in [0, 0.1) is 41.1 Å². The highest BCUT2D eigenvalue weighted by Crippen LogP contribution is 2.39. The Morgan fingerprint density at radius 3 is 2.25 bits per heavy atom. The molecular formula is C55H60F6N8O6S2. The molecule has 1 saturated heterocycles. The predicted molar refractivity (Wildman–Crippen MR) is 284 cm³/mol. The lowest BCUT2D eigenvalue weighted by Gasteiger charge is -2.39. The van der Waals surface area contributed by atoms with E-state index in [0.717, 1.165) is 69.0 Å². The van der Waals surface area contributed by atoms with Crippen molar-refractivity contribution in [3.05, 3.63) is 112 Å². The monoisotopic (exact) mass is 1110 g/mol. The van der Waals surface area contributed by atoms with E-state index in [9.17, 15) is 37.6 Å². The van der Waals surface area contributed by atoms with E-state index in [1.165, 1.54) is 32.0 Å². The number of likely N-dealkylation sites (tertiary alicyclic amines) is 1. The van der Waals surface area contributed by atoms with Gasteiger partial charge in [-0.15, -0.1) is 11.3 Å². The molecule has 2 N–H and O–H groups in total. The van der Waals surface area contributed by atoms with Gasteiger partial charge >= 0.3 is 6.18 Å². The van der Waals surface area contributed by atoms with Crippen molar-refractivity contribution in [3.63, 3.8) is 0 Å². The Kier molecular flexibility index (Phi) is 19.3. The number of unbranched alkanes of at least 4 members (excludes halogenated alkanes) is 2. The molecule has 14 nitrogen and oxygen atoms in total. The van der Waals surface area contributed by atoms with Crippen molar-refractivity contribution in [3.8, 4) is 33.5 Å². The highest BCUT2D eigenvalue weighted by Gasteiger charge is 2.43. The number of hydrogen-bond acceptors (Lipinski definition) is 11. The molecule has 1 fully saturated rings. The van der Waals surface area contributed by atoms with Crippen molar-refractivity contribution in [2.45, 2.75) is 110 Å². The summed E-state index contributed by atoms with van der Waals surface area (Å²) in [7, 11) is 1.14. The highest BCUT2D eigenvalue weighted by atomic mass is 32.1. The molecule has 3 amide bonds. The number of halogens is 6. The van der Waals surface area contributed by atoms with Crippen LogP contribution in [-0.2, 0) is 30.1 Å². The van der Waals surface area contributed by atoms with Crippen molar-refractivity contribution < 1.29 is 55.0 Å². The fraction of sp³-hybridized carbons (Fsp3) is 0.418. The Balaban J connectivity index is 0.960. The van der Waals surface area contributed by atoms with Gasteiger partial charge in [0, 0.05) is 31.8 Å². The van der Waals surface area contributed by atoms with E-state index >= 15 is 13.2 Å². The minimum absolute atomic E-state index is 0.0212. The van der Waals surface area contributed by atoms with E-state index in [1.807, 2.05) is 58.9 Å². The number of nitrogens with zero attached hydrogens (tertiary/aromatic N) is 6. The van der Waals surface area contributed by atoms with Gasteiger partial charge in [-0.3, -0.25) is 19.4 Å². The van der Waals surface area contributed by atoms with Crippen LogP contribution in [0.3, 0.4) is 0 Å². The topological polar surface area (TPSA) is 170 Å². The summed E-state index contributed by atoms with van der Waals surface area (Å²) in [5, 5.41) is 14.7. The van der Waals surface area contributed by atoms with Crippen LogP contribution in [0.5, 0.6) is 5.75 Å². The first kappa shape index (κ1) is 59.3. The van der Waals surface area contributed by atoms with Crippen LogP contribution in [0.1, 0.15) is 102 Å². The third-order valence-electron chi connectivity index (χ3n) is 13.0. The quantitative estimate of drug-likeness (QED) is 0.0328. The number of ether oxygens (including phenoxy) is 2. The van der Waals surface area contributed by atoms with E-state index in [0.29, 0.717) is 44.9 Å². The molecule has 2 aromatic heterocycles. The molecule has 1 aliphatic heterocycles. The Hall–Kier alpha value is -6.96. The average Bonchev–Trinajstić information content (AvgIpc) is 4.05. The van der Waals surface area contributed by atoms with E-state index in [4.69, 9.17) is 21.7 Å². The lowest BCUT2D eigenvalue weighted by Crippen LogP contribution is -2.58. The zero-order chi connectivity index (χ0) is 56.6. The lowest BCUT2D eigenvalue weighted by molar-refractivity contribution is -0.144. The maximum atomic E-state index is 15.8. The number of nitriles is 1. The second kappa shape index (κ2) is 25.0. The van der Waals surface area contributed by atoms with Gasteiger partial charge in [0.25, 0.3) is 0 Å². The van der Waals surface area contributed by atoms with Gasteiger partial charge in [0.15, 0.2) is 28.3 Å². The number of amides is 3. The van der Waals surface area contributed by atoms with Crippen molar-refractivity contribution >= 4 is 64.0 Å². The molecule has 3 heterocycles. The molecular weight excluding hydrogens is 1050 g/mol. The molecule has 0 spiro atoms. The standard InChI is InChI=1S/C55H60F6N8O6S2/c1-32(34-14-16-35(17-15-34)48-33(2)64-31-77-48)65-50(72)42-13-12-22-68(42)51(73)49(53(3,4)5)66-44(71)29-74-23-10-9-11-24-75-43-21-19-36(25-39(43)56)47-40(57)26-38(28-63-47)69(54(6,7)30-70)52(76)67(8)41-20-18-37(27-62)45(46(41)58)55(59,60)61/h14-21,25-26,28,30-32,42,49H,9-13,22-24,29H2,1-8H3,(H,65,72)(H,66,71). The first-order valence-corrected chi connectivity index (χ1v) is 26.0. The van der Waals surface area contributed by atoms with Crippen molar-refractivity contribution in [2.75, 3.05) is 43.2 Å². The normalized spacial score (nSPS) is 14.6. The first-order valence-electron chi connectivity index (χ1n) is 24.7. The first-order chi connectivity index (χ1) is 36.3. The van der Waals surface area contributed by atoms with E-state index in [-0.39, 0.29) is 60.4 Å². The zero-order valence-corrected chi connectivity index (χ0v) is 45.5. The number of hydrogen-bond donors (Lipinski definition) is 2. The van der Waals surface area contributed by atoms with Gasteiger partial charge in [0.2, 0.25) is 17.7 Å². The van der Waals surface area contributed by atoms with Gasteiger partial charge in [-0.2, -0.15) is 18.4 Å². The van der Waals surface area contributed by atoms with Crippen molar-refractivity contribution in [2.24, 2.45) is 5.41 Å². The van der Waals surface area contributed by atoms with Crippen LogP contribution >= 0.6 is 23.6 Å². The number of benzene rings is 3. The van der Waals surface area contributed by atoms with Crippen molar-refractivity contribution in [1.82, 2.24) is 25.5 Å². The number of pyridine rings is 1. The highest BCUT2D eigenvalue weighted by molar-refractivity contribution is 7.80. The van der Waals surface area contributed by atoms with Gasteiger partial charge in [-0.25, -0.2) is 18.2 Å². The Morgan fingerprint density at radius 2 is 1.64 bits per heavy atom. The number of carbonyl (C=O) groups excluding carboxylic acids is 4. The molecule has 3 unspecified atom stereocenters. The largest absolute Gasteiger partial charge is 0.491 e. The van der Waals surface area contributed by atoms with Gasteiger partial charge in [0.05, 0.1) is 63.5 Å². The van der Waals surface area contributed by atoms with Crippen LogP contribution in [0.2, 0.25) is 0 Å². The number of alkyl halides is 3. The van der Waals surface area contributed by atoms with Crippen LogP contribution in [0.25, 0.3) is 21.7 Å². The second-order valence-electron chi connectivity index (χ2n) is 20.2. The molecule has 3 atom stereocenters. The molecule has 0 saturated carbocycles. The SMILES string of the molecule is Cc1ncsc1-c1ccc(C(C)NC(=O)C2CCCN2C(=O)C(NC(=O)COCCCCCOc2ccc(-c3ncc(N(C(=S)N(C)c4ccc(C#N)c(C(F)(F)F)c4F)C(C)(C)C=O)cc3F)cc2F)C(C)(C)C)cc1. The van der Waals surface area contributed by atoms with Gasteiger partial charge in [-0.05, 0) is 119 Å². The second-order valence-corrected chi connectivity index (χ2v) is 21.4. The molecule has 0 bridgehead atoms. The third-order valence-corrected chi connectivity index (χ3v) is 14.4. The Morgan fingerprint density at radius 1 is 0.948 bits per heavy atom. The van der Waals surface area contributed by atoms with Crippen LogP contribution in [-0.4, -0.2) is 95.0 Å². The van der Waals surface area contributed by atoms with E-state index in [2.05, 4.69) is 20.6 Å². The number of aromatic nitrogens is 2. The van der Waals surface area contributed by atoms with Crippen LogP contribution < -0.4 is 25.2 Å². The Bertz CT molecular complexity index is 3010. The summed E-state index contributed by atoms with van der Waals surface area (Å²) in [6, 6.07) is 13.7.